The van der Waals surface area contributed by atoms with Gasteiger partial charge in [-0.15, -0.1) is 0 Å². The lowest BCUT2D eigenvalue weighted by Crippen LogP contribution is -1.92. The maximum atomic E-state index is 13.8. The lowest BCUT2D eigenvalue weighted by molar-refractivity contribution is 0.630. The van der Waals surface area contributed by atoms with Gasteiger partial charge in [0.1, 0.15) is 5.82 Å². The van der Waals surface area contributed by atoms with Gasteiger partial charge in [0, 0.05) is 16.2 Å². The third-order valence-electron chi connectivity index (χ3n) is 2.40. The molecular formula is C13H8BrFN2. The molecule has 0 aliphatic carbocycles. The van der Waals surface area contributed by atoms with Gasteiger partial charge in [0.25, 0.3) is 0 Å². The third kappa shape index (κ3) is 2.34. The lowest BCUT2D eigenvalue weighted by atomic mass is 10.0. The Labute approximate surface area is 107 Å². The topological polar surface area (TPSA) is 36.7 Å². The minimum absolute atomic E-state index is 0.306. The quantitative estimate of drug-likeness (QED) is 0.800. The first kappa shape index (κ1) is 11.7. The van der Waals surface area contributed by atoms with E-state index < -0.39 is 5.82 Å². The van der Waals surface area contributed by atoms with E-state index in [1.807, 2.05) is 19.1 Å². The van der Waals surface area contributed by atoms with Crippen molar-refractivity contribution in [2.75, 3.05) is 0 Å². The number of rotatable bonds is 1. The minimum atomic E-state index is -0.429. The third-order valence-corrected chi connectivity index (χ3v) is 2.83. The number of aromatic nitrogens is 1. The van der Waals surface area contributed by atoms with Crippen molar-refractivity contribution in [3.63, 3.8) is 0 Å². The van der Waals surface area contributed by atoms with Crippen molar-refractivity contribution in [1.29, 1.82) is 5.26 Å². The Balaban J connectivity index is 2.58. The summed E-state index contributed by atoms with van der Waals surface area (Å²) in [5.41, 5.74) is 2.19. The second-order valence-electron chi connectivity index (χ2n) is 3.63. The zero-order valence-electron chi connectivity index (χ0n) is 9.04. The van der Waals surface area contributed by atoms with Crippen molar-refractivity contribution in [3.05, 3.63) is 51.9 Å². The summed E-state index contributed by atoms with van der Waals surface area (Å²) in [5, 5.41) is 8.68. The molecule has 0 fully saturated rings. The second kappa shape index (κ2) is 4.64. The summed E-state index contributed by atoms with van der Waals surface area (Å²) >= 11 is 3.31. The fourth-order valence-electron chi connectivity index (χ4n) is 1.60. The molecule has 1 heterocycles. The molecule has 2 nitrogen and oxygen atoms in total. The highest BCUT2D eigenvalue weighted by atomic mass is 79.9. The molecule has 0 amide bonds. The SMILES string of the molecule is Cc1cc(Br)cnc1-c1ccc(C#N)cc1F. The van der Waals surface area contributed by atoms with E-state index in [1.54, 1.807) is 18.3 Å². The van der Waals surface area contributed by atoms with Gasteiger partial charge in [-0.1, -0.05) is 0 Å². The van der Waals surface area contributed by atoms with Crippen LogP contribution in [0.1, 0.15) is 11.1 Å². The highest BCUT2D eigenvalue weighted by Crippen LogP contribution is 2.26. The van der Waals surface area contributed by atoms with E-state index in [2.05, 4.69) is 20.9 Å². The van der Waals surface area contributed by atoms with Crippen molar-refractivity contribution in [2.45, 2.75) is 6.92 Å². The Morgan fingerprint density at radius 2 is 2.12 bits per heavy atom. The molecule has 0 aliphatic rings. The van der Waals surface area contributed by atoms with Crippen molar-refractivity contribution in [3.8, 4) is 17.3 Å². The molecule has 84 valence electrons. The Hall–Kier alpha value is -1.73. The van der Waals surface area contributed by atoms with E-state index in [0.717, 1.165) is 10.0 Å². The zero-order valence-corrected chi connectivity index (χ0v) is 10.6. The van der Waals surface area contributed by atoms with Gasteiger partial charge >= 0.3 is 0 Å². The normalized spacial score (nSPS) is 10.0. The summed E-state index contributed by atoms with van der Waals surface area (Å²) in [6.07, 6.45) is 1.62. The highest BCUT2D eigenvalue weighted by Gasteiger charge is 2.10. The van der Waals surface area contributed by atoms with Gasteiger partial charge in [0.15, 0.2) is 0 Å². The molecule has 0 atom stereocenters. The van der Waals surface area contributed by atoms with Crippen LogP contribution >= 0.6 is 15.9 Å². The highest BCUT2D eigenvalue weighted by molar-refractivity contribution is 9.10. The number of nitriles is 1. The Morgan fingerprint density at radius 1 is 1.35 bits per heavy atom. The van der Waals surface area contributed by atoms with Crippen LogP contribution in [0.25, 0.3) is 11.3 Å². The van der Waals surface area contributed by atoms with E-state index in [0.29, 0.717) is 16.8 Å². The van der Waals surface area contributed by atoms with Crippen LogP contribution < -0.4 is 0 Å². The van der Waals surface area contributed by atoms with Gasteiger partial charge in [0.2, 0.25) is 0 Å². The lowest BCUT2D eigenvalue weighted by Gasteiger charge is -2.06. The predicted octanol–water partition coefficient (Wildman–Crippen LogP) is 3.83. The van der Waals surface area contributed by atoms with Crippen LogP contribution in [0.3, 0.4) is 0 Å². The van der Waals surface area contributed by atoms with Crippen LogP contribution in [0.5, 0.6) is 0 Å². The fourth-order valence-corrected chi connectivity index (χ4v) is 2.04. The van der Waals surface area contributed by atoms with Crippen LogP contribution in [-0.2, 0) is 0 Å². The molecular weight excluding hydrogens is 283 g/mol. The van der Waals surface area contributed by atoms with Crippen LogP contribution in [0, 0.1) is 24.1 Å². The number of nitrogens with zero attached hydrogens (tertiary/aromatic N) is 2. The summed E-state index contributed by atoms with van der Waals surface area (Å²) in [7, 11) is 0. The molecule has 0 saturated heterocycles. The maximum absolute atomic E-state index is 13.8. The first-order valence-electron chi connectivity index (χ1n) is 4.94. The number of hydrogen-bond acceptors (Lipinski definition) is 2. The van der Waals surface area contributed by atoms with Crippen molar-refractivity contribution >= 4 is 15.9 Å². The predicted molar refractivity (Wildman–Crippen MR) is 66.8 cm³/mol. The summed E-state index contributed by atoms with van der Waals surface area (Å²) in [5.74, 6) is -0.429. The maximum Gasteiger partial charge on any atom is 0.133 e. The van der Waals surface area contributed by atoms with E-state index >= 15 is 0 Å². The molecule has 0 bridgehead atoms. The second-order valence-corrected chi connectivity index (χ2v) is 4.54. The molecule has 0 saturated carbocycles. The smallest absolute Gasteiger partial charge is 0.133 e. The Kier molecular flexibility index (Phi) is 3.21. The number of benzene rings is 1. The summed E-state index contributed by atoms with van der Waals surface area (Å²) in [6, 6.07) is 8.16. The summed E-state index contributed by atoms with van der Waals surface area (Å²) < 4.78 is 14.7. The van der Waals surface area contributed by atoms with E-state index in [4.69, 9.17) is 5.26 Å². The standard InChI is InChI=1S/C13H8BrFN2/c1-8-4-10(14)7-17-13(8)11-3-2-9(6-16)5-12(11)15/h2-5,7H,1H3. The fraction of sp³-hybridized carbons (Fsp3) is 0.0769. The van der Waals surface area contributed by atoms with E-state index in [9.17, 15) is 4.39 Å². The number of halogens is 2. The van der Waals surface area contributed by atoms with E-state index in [1.165, 1.54) is 6.07 Å². The Morgan fingerprint density at radius 3 is 2.71 bits per heavy atom. The van der Waals surface area contributed by atoms with Gasteiger partial charge in [0.05, 0.1) is 17.3 Å². The van der Waals surface area contributed by atoms with Crippen molar-refractivity contribution in [1.82, 2.24) is 4.98 Å². The molecule has 17 heavy (non-hydrogen) atoms. The zero-order chi connectivity index (χ0) is 12.4. The van der Waals surface area contributed by atoms with Crippen LogP contribution in [0.2, 0.25) is 0 Å². The first-order valence-corrected chi connectivity index (χ1v) is 5.73. The summed E-state index contributed by atoms with van der Waals surface area (Å²) in [6.45, 7) is 1.87. The van der Waals surface area contributed by atoms with Gasteiger partial charge in [-0.2, -0.15) is 5.26 Å². The molecule has 4 heteroatoms. The minimum Gasteiger partial charge on any atom is -0.255 e. The van der Waals surface area contributed by atoms with Gasteiger partial charge in [-0.05, 0) is 52.7 Å². The molecule has 2 aromatic rings. The molecule has 0 radical (unpaired) electrons. The largest absolute Gasteiger partial charge is 0.255 e. The van der Waals surface area contributed by atoms with Gasteiger partial charge in [-0.3, -0.25) is 4.98 Å². The van der Waals surface area contributed by atoms with Crippen molar-refractivity contribution < 1.29 is 4.39 Å². The van der Waals surface area contributed by atoms with Crippen LogP contribution in [0.15, 0.2) is 34.9 Å². The Bertz CT molecular complexity index is 617. The number of pyridine rings is 1. The molecule has 2 rings (SSSR count). The molecule has 1 aromatic heterocycles. The van der Waals surface area contributed by atoms with Gasteiger partial charge in [-0.25, -0.2) is 4.39 Å². The first-order chi connectivity index (χ1) is 8.11. The van der Waals surface area contributed by atoms with Gasteiger partial charge < -0.3 is 0 Å². The monoisotopic (exact) mass is 290 g/mol. The van der Waals surface area contributed by atoms with Crippen LogP contribution in [0.4, 0.5) is 4.39 Å². The molecule has 0 aliphatic heterocycles. The number of hydrogen-bond donors (Lipinski definition) is 0. The molecule has 1 aromatic carbocycles. The van der Waals surface area contributed by atoms with Crippen molar-refractivity contribution in [2.24, 2.45) is 0 Å². The molecule has 0 spiro atoms. The van der Waals surface area contributed by atoms with Crippen LogP contribution in [-0.4, -0.2) is 4.98 Å². The average molecular weight is 291 g/mol. The average Bonchev–Trinajstić information content (AvgIpc) is 2.30. The number of aryl methyl sites for hydroxylation is 1. The molecule has 0 N–H and O–H groups in total. The van der Waals surface area contributed by atoms with E-state index in [-0.39, 0.29) is 0 Å². The molecule has 0 unspecified atom stereocenters. The summed E-state index contributed by atoms with van der Waals surface area (Å²) in [4.78, 5) is 4.19.